The third kappa shape index (κ3) is 3.03. The van der Waals surface area contributed by atoms with E-state index < -0.39 is 0 Å². The van der Waals surface area contributed by atoms with E-state index >= 15 is 0 Å². The zero-order valence-electron chi connectivity index (χ0n) is 11.9. The number of tetrazole rings is 1. The topological polar surface area (TPSA) is 64.9 Å². The zero-order chi connectivity index (χ0) is 15.4. The predicted octanol–water partition coefficient (Wildman–Crippen LogP) is 2.42. The Kier molecular flexibility index (Phi) is 3.95. The number of para-hydroxylation sites is 1. The lowest BCUT2D eigenvalue weighted by Crippen LogP contribution is -2.08. The molecule has 0 fully saturated rings. The van der Waals surface area contributed by atoms with E-state index in [1.54, 1.807) is 10.7 Å². The largest absolute Gasteiger partial charge is 0.497 e. The van der Waals surface area contributed by atoms with Crippen LogP contribution < -0.4 is 10.1 Å². The van der Waals surface area contributed by atoms with Gasteiger partial charge in [-0.15, -0.1) is 5.10 Å². The summed E-state index contributed by atoms with van der Waals surface area (Å²) in [6, 6.07) is 14.0. The third-order valence-corrected chi connectivity index (χ3v) is 3.09. The molecule has 112 valence electrons. The Labute approximate surface area is 126 Å². The van der Waals surface area contributed by atoms with Crippen molar-refractivity contribution in [3.8, 4) is 11.4 Å². The number of anilines is 1. The average Bonchev–Trinajstić information content (AvgIpc) is 3.01. The molecule has 0 aliphatic heterocycles. The second kappa shape index (κ2) is 6.21. The van der Waals surface area contributed by atoms with Crippen LogP contribution in [0.2, 0.25) is 0 Å². The first kappa shape index (κ1) is 14.0. The van der Waals surface area contributed by atoms with Crippen molar-refractivity contribution in [3.63, 3.8) is 0 Å². The molecule has 3 rings (SSSR count). The van der Waals surface area contributed by atoms with Gasteiger partial charge in [-0.25, -0.2) is 4.39 Å². The van der Waals surface area contributed by atoms with Crippen molar-refractivity contribution in [3.05, 3.63) is 60.2 Å². The molecule has 0 saturated carbocycles. The Hall–Kier alpha value is -2.96. The molecule has 1 N–H and O–H groups in total. The van der Waals surface area contributed by atoms with Crippen molar-refractivity contribution >= 4 is 5.69 Å². The monoisotopic (exact) mass is 299 g/mol. The molecule has 0 radical (unpaired) electrons. The van der Waals surface area contributed by atoms with Gasteiger partial charge >= 0.3 is 0 Å². The number of methoxy groups -OCH3 is 1. The number of ether oxygens (including phenoxy) is 1. The van der Waals surface area contributed by atoms with Crippen LogP contribution in [0.25, 0.3) is 5.69 Å². The van der Waals surface area contributed by atoms with Gasteiger partial charge in [-0.05, 0) is 28.6 Å². The van der Waals surface area contributed by atoms with Gasteiger partial charge in [0.05, 0.1) is 19.3 Å². The smallest absolute Gasteiger partial charge is 0.175 e. The molecule has 1 heterocycles. The van der Waals surface area contributed by atoms with E-state index in [1.807, 2.05) is 30.3 Å². The minimum Gasteiger partial charge on any atom is -0.497 e. The lowest BCUT2D eigenvalue weighted by Gasteiger charge is -2.09. The van der Waals surface area contributed by atoms with E-state index in [2.05, 4.69) is 20.8 Å². The van der Waals surface area contributed by atoms with E-state index in [0.717, 1.165) is 5.69 Å². The highest BCUT2D eigenvalue weighted by Crippen LogP contribution is 2.20. The molecule has 2 aromatic carbocycles. The van der Waals surface area contributed by atoms with Crippen molar-refractivity contribution in [2.75, 3.05) is 12.4 Å². The summed E-state index contributed by atoms with van der Waals surface area (Å²) in [6.07, 6.45) is 0. The van der Waals surface area contributed by atoms with E-state index in [9.17, 15) is 4.39 Å². The zero-order valence-corrected chi connectivity index (χ0v) is 11.9. The third-order valence-electron chi connectivity index (χ3n) is 3.09. The fourth-order valence-electron chi connectivity index (χ4n) is 2.05. The van der Waals surface area contributed by atoms with Crippen molar-refractivity contribution in [1.82, 2.24) is 20.2 Å². The number of halogens is 1. The van der Waals surface area contributed by atoms with Crippen molar-refractivity contribution in [2.45, 2.75) is 6.54 Å². The van der Waals surface area contributed by atoms with Gasteiger partial charge < -0.3 is 10.1 Å². The van der Waals surface area contributed by atoms with Crippen LogP contribution in [0.5, 0.6) is 5.75 Å². The Morgan fingerprint density at radius 1 is 1.18 bits per heavy atom. The first-order valence-corrected chi connectivity index (χ1v) is 6.67. The predicted molar refractivity (Wildman–Crippen MR) is 79.4 cm³/mol. The fourth-order valence-corrected chi connectivity index (χ4v) is 2.05. The molecule has 6 nitrogen and oxygen atoms in total. The molecule has 22 heavy (non-hydrogen) atoms. The van der Waals surface area contributed by atoms with Crippen LogP contribution >= 0.6 is 0 Å². The first-order chi connectivity index (χ1) is 10.8. The molecule has 0 aliphatic rings. The molecule has 0 bridgehead atoms. The second-order valence-corrected chi connectivity index (χ2v) is 4.58. The van der Waals surface area contributed by atoms with E-state index in [1.165, 1.54) is 19.2 Å². The number of benzene rings is 2. The van der Waals surface area contributed by atoms with Crippen molar-refractivity contribution in [1.29, 1.82) is 0 Å². The van der Waals surface area contributed by atoms with Crippen molar-refractivity contribution < 1.29 is 9.13 Å². The Morgan fingerprint density at radius 3 is 2.77 bits per heavy atom. The number of hydrogen-bond donors (Lipinski definition) is 1. The highest BCUT2D eigenvalue weighted by atomic mass is 19.1. The minimum atomic E-state index is -0.371. The number of rotatable bonds is 5. The maximum absolute atomic E-state index is 13.5. The number of hydrogen-bond acceptors (Lipinski definition) is 5. The summed E-state index contributed by atoms with van der Waals surface area (Å²) in [5, 5.41) is 14.7. The van der Waals surface area contributed by atoms with Crippen LogP contribution in [0, 0.1) is 5.82 Å². The van der Waals surface area contributed by atoms with Crippen LogP contribution in [0.3, 0.4) is 0 Å². The molecular formula is C15H14FN5O. The maximum atomic E-state index is 13.5. The number of nitrogens with zero attached hydrogens (tertiary/aromatic N) is 4. The lowest BCUT2D eigenvalue weighted by molar-refractivity contribution is 0.411. The van der Waals surface area contributed by atoms with Gasteiger partial charge in [-0.3, -0.25) is 0 Å². The average molecular weight is 299 g/mol. The van der Waals surface area contributed by atoms with Crippen LogP contribution in [0.4, 0.5) is 10.1 Å². The first-order valence-electron chi connectivity index (χ1n) is 6.67. The van der Waals surface area contributed by atoms with Crippen LogP contribution in [0.15, 0.2) is 48.5 Å². The van der Waals surface area contributed by atoms with Gasteiger partial charge in [0.15, 0.2) is 5.82 Å². The van der Waals surface area contributed by atoms with Crippen LogP contribution in [-0.2, 0) is 6.54 Å². The molecule has 0 amide bonds. The van der Waals surface area contributed by atoms with E-state index in [4.69, 9.17) is 4.74 Å². The lowest BCUT2D eigenvalue weighted by atomic mass is 10.3. The van der Waals surface area contributed by atoms with Gasteiger partial charge in [0.25, 0.3) is 0 Å². The maximum Gasteiger partial charge on any atom is 0.175 e. The van der Waals surface area contributed by atoms with Gasteiger partial charge in [0, 0.05) is 17.8 Å². The van der Waals surface area contributed by atoms with Crippen molar-refractivity contribution in [2.24, 2.45) is 0 Å². The highest BCUT2D eigenvalue weighted by Gasteiger charge is 2.08. The van der Waals surface area contributed by atoms with Crippen LogP contribution in [0.1, 0.15) is 5.82 Å². The highest BCUT2D eigenvalue weighted by molar-refractivity contribution is 5.48. The minimum absolute atomic E-state index is 0.356. The molecule has 0 saturated heterocycles. The quantitative estimate of drug-likeness (QED) is 0.784. The SMILES string of the molecule is COc1cc(F)cc(NCc2nnnn2-c2ccccc2)c1. The molecule has 0 atom stereocenters. The Bertz CT molecular complexity index is 760. The Balaban J connectivity index is 1.78. The van der Waals surface area contributed by atoms with E-state index in [-0.39, 0.29) is 5.82 Å². The number of aromatic nitrogens is 4. The number of nitrogens with one attached hydrogen (secondary N) is 1. The molecule has 1 aromatic heterocycles. The van der Waals surface area contributed by atoms with Gasteiger partial charge in [-0.1, -0.05) is 18.2 Å². The second-order valence-electron chi connectivity index (χ2n) is 4.58. The summed E-state index contributed by atoms with van der Waals surface area (Å²) in [5.74, 6) is 0.698. The summed E-state index contributed by atoms with van der Waals surface area (Å²) in [4.78, 5) is 0. The molecule has 0 unspecified atom stereocenters. The van der Waals surface area contributed by atoms with Gasteiger partial charge in [0.2, 0.25) is 0 Å². The summed E-state index contributed by atoms with van der Waals surface area (Å²) in [5.41, 5.74) is 1.46. The molecule has 0 aliphatic carbocycles. The Morgan fingerprint density at radius 2 is 2.00 bits per heavy atom. The molecular weight excluding hydrogens is 285 g/mol. The molecule has 7 heteroatoms. The van der Waals surface area contributed by atoms with Gasteiger partial charge in [-0.2, -0.15) is 4.68 Å². The summed E-state index contributed by atoms with van der Waals surface area (Å²) < 4.78 is 20.1. The molecule has 0 spiro atoms. The van der Waals surface area contributed by atoms with Crippen LogP contribution in [-0.4, -0.2) is 27.3 Å². The normalized spacial score (nSPS) is 10.5. The van der Waals surface area contributed by atoms with Gasteiger partial charge in [0.1, 0.15) is 11.6 Å². The van der Waals surface area contributed by atoms with E-state index in [0.29, 0.717) is 23.8 Å². The fraction of sp³-hybridized carbons (Fsp3) is 0.133. The summed E-state index contributed by atoms with van der Waals surface area (Å²) in [6.45, 7) is 0.356. The molecule has 3 aromatic rings. The summed E-state index contributed by atoms with van der Waals surface area (Å²) >= 11 is 0. The standard InChI is InChI=1S/C15H14FN5O/c1-22-14-8-11(16)7-12(9-14)17-10-15-18-19-20-21(15)13-5-3-2-4-6-13/h2-9,17H,10H2,1H3. The summed E-state index contributed by atoms with van der Waals surface area (Å²) in [7, 11) is 1.49.